The van der Waals surface area contributed by atoms with Crippen molar-refractivity contribution in [3.8, 4) is 5.75 Å². The molecule has 2 aromatic carbocycles. The monoisotopic (exact) mass is 433 g/mol. The Balaban J connectivity index is 1.97. The molecule has 0 heterocycles. The number of rotatable bonds is 7. The van der Waals surface area contributed by atoms with E-state index in [4.69, 9.17) is 14.2 Å². The SMILES string of the molecule is COc1cc(C2c3ccc(Br)cc3CCC2NCC(OC)OC)ccc1C. The minimum Gasteiger partial charge on any atom is -0.496 e. The van der Waals surface area contributed by atoms with E-state index < -0.39 is 0 Å². The van der Waals surface area contributed by atoms with Crippen LogP contribution in [0, 0.1) is 6.92 Å². The highest BCUT2D eigenvalue weighted by Crippen LogP contribution is 2.39. The van der Waals surface area contributed by atoms with Gasteiger partial charge in [0.15, 0.2) is 6.29 Å². The van der Waals surface area contributed by atoms with Gasteiger partial charge >= 0.3 is 0 Å². The second-order valence-corrected chi connectivity index (χ2v) is 7.92. The molecule has 146 valence electrons. The van der Waals surface area contributed by atoms with E-state index in [0.29, 0.717) is 12.6 Å². The Labute approximate surface area is 170 Å². The topological polar surface area (TPSA) is 39.7 Å². The van der Waals surface area contributed by atoms with Gasteiger partial charge in [-0.05, 0) is 60.2 Å². The van der Waals surface area contributed by atoms with Crippen molar-refractivity contribution in [2.45, 2.75) is 38.0 Å². The third-order valence-corrected chi connectivity index (χ3v) is 5.92. The Morgan fingerprint density at radius 3 is 2.59 bits per heavy atom. The summed E-state index contributed by atoms with van der Waals surface area (Å²) >= 11 is 3.61. The molecule has 0 saturated heterocycles. The second kappa shape index (κ2) is 9.20. The van der Waals surface area contributed by atoms with Gasteiger partial charge in [-0.1, -0.05) is 34.1 Å². The number of benzene rings is 2. The first kappa shape index (κ1) is 20.3. The van der Waals surface area contributed by atoms with E-state index >= 15 is 0 Å². The Hall–Kier alpha value is -1.40. The molecule has 1 aliphatic carbocycles. The Kier molecular flexibility index (Phi) is 6.93. The summed E-state index contributed by atoms with van der Waals surface area (Å²) in [5, 5.41) is 3.68. The number of aryl methyl sites for hydroxylation is 2. The largest absolute Gasteiger partial charge is 0.496 e. The standard InChI is InChI=1S/C22H28BrNO3/c1-14-5-6-16(12-20(14)25-2)22-18-9-8-17(23)11-15(18)7-10-19(22)24-13-21(26-3)27-4/h5-6,8-9,11-12,19,21-22,24H,7,10,13H2,1-4H3. The van der Waals surface area contributed by atoms with E-state index in [1.165, 1.54) is 16.7 Å². The van der Waals surface area contributed by atoms with Crippen molar-refractivity contribution < 1.29 is 14.2 Å². The van der Waals surface area contributed by atoms with Gasteiger partial charge in [0.2, 0.25) is 0 Å². The lowest BCUT2D eigenvalue weighted by atomic mass is 9.75. The first-order valence-corrected chi connectivity index (χ1v) is 10.1. The molecular formula is C22H28BrNO3. The predicted molar refractivity (Wildman–Crippen MR) is 112 cm³/mol. The normalized spacial score (nSPS) is 19.2. The molecule has 1 N–H and O–H groups in total. The average Bonchev–Trinajstić information content (AvgIpc) is 2.69. The van der Waals surface area contributed by atoms with Crippen molar-refractivity contribution in [3.63, 3.8) is 0 Å². The third kappa shape index (κ3) is 4.54. The van der Waals surface area contributed by atoms with Crippen molar-refractivity contribution in [3.05, 3.63) is 63.1 Å². The maximum absolute atomic E-state index is 5.58. The molecule has 0 aromatic heterocycles. The minimum absolute atomic E-state index is 0.246. The predicted octanol–water partition coefficient (Wildman–Crippen LogP) is 4.42. The summed E-state index contributed by atoms with van der Waals surface area (Å²) in [5.41, 5.74) is 5.20. The summed E-state index contributed by atoms with van der Waals surface area (Å²) in [6, 6.07) is 13.5. The molecule has 0 amide bonds. The molecule has 3 rings (SSSR count). The van der Waals surface area contributed by atoms with Crippen LogP contribution in [-0.2, 0) is 15.9 Å². The number of nitrogens with one attached hydrogen (secondary N) is 1. The molecule has 0 saturated carbocycles. The van der Waals surface area contributed by atoms with E-state index in [1.807, 2.05) is 0 Å². The molecule has 0 bridgehead atoms. The van der Waals surface area contributed by atoms with Crippen LogP contribution in [0.4, 0.5) is 0 Å². The fraction of sp³-hybridized carbons (Fsp3) is 0.455. The van der Waals surface area contributed by atoms with Crippen LogP contribution in [0.1, 0.15) is 34.6 Å². The summed E-state index contributed by atoms with van der Waals surface area (Å²) < 4.78 is 17.4. The molecule has 1 aliphatic rings. The van der Waals surface area contributed by atoms with E-state index in [9.17, 15) is 0 Å². The van der Waals surface area contributed by atoms with Crippen molar-refractivity contribution in [1.82, 2.24) is 5.32 Å². The smallest absolute Gasteiger partial charge is 0.169 e. The number of hydrogen-bond acceptors (Lipinski definition) is 4. The van der Waals surface area contributed by atoms with Crippen LogP contribution in [0.15, 0.2) is 40.9 Å². The van der Waals surface area contributed by atoms with Crippen LogP contribution in [0.3, 0.4) is 0 Å². The fourth-order valence-corrected chi connectivity index (χ4v) is 4.37. The second-order valence-electron chi connectivity index (χ2n) is 7.00. The van der Waals surface area contributed by atoms with E-state index in [-0.39, 0.29) is 12.2 Å². The van der Waals surface area contributed by atoms with Crippen LogP contribution in [0.25, 0.3) is 0 Å². The molecule has 0 radical (unpaired) electrons. The van der Waals surface area contributed by atoms with Crippen LogP contribution in [0.2, 0.25) is 0 Å². The zero-order valence-electron chi connectivity index (χ0n) is 16.4. The van der Waals surface area contributed by atoms with E-state index in [1.54, 1.807) is 21.3 Å². The van der Waals surface area contributed by atoms with E-state index in [2.05, 4.69) is 64.6 Å². The highest BCUT2D eigenvalue weighted by atomic mass is 79.9. The molecule has 0 aliphatic heterocycles. The van der Waals surface area contributed by atoms with Crippen molar-refractivity contribution in [2.75, 3.05) is 27.9 Å². The van der Waals surface area contributed by atoms with Crippen molar-refractivity contribution >= 4 is 15.9 Å². The lowest BCUT2D eigenvalue weighted by Gasteiger charge is -2.36. The van der Waals surface area contributed by atoms with Gasteiger partial charge in [-0.2, -0.15) is 0 Å². The molecule has 27 heavy (non-hydrogen) atoms. The number of halogens is 1. The van der Waals surface area contributed by atoms with Crippen LogP contribution >= 0.6 is 15.9 Å². The van der Waals surface area contributed by atoms with Gasteiger partial charge in [-0.3, -0.25) is 0 Å². The molecule has 5 heteroatoms. The lowest BCUT2D eigenvalue weighted by molar-refractivity contribution is -0.100. The highest BCUT2D eigenvalue weighted by molar-refractivity contribution is 9.10. The number of hydrogen-bond donors (Lipinski definition) is 1. The van der Waals surface area contributed by atoms with Gasteiger partial charge in [0.25, 0.3) is 0 Å². The lowest BCUT2D eigenvalue weighted by Crippen LogP contribution is -2.43. The molecule has 0 fully saturated rings. The van der Waals surface area contributed by atoms with Gasteiger partial charge in [0.05, 0.1) is 7.11 Å². The van der Waals surface area contributed by atoms with Crippen molar-refractivity contribution in [2.24, 2.45) is 0 Å². The quantitative estimate of drug-likeness (QED) is 0.655. The van der Waals surface area contributed by atoms with Crippen LogP contribution < -0.4 is 10.1 Å². The Morgan fingerprint density at radius 2 is 1.89 bits per heavy atom. The molecule has 2 aromatic rings. The Morgan fingerprint density at radius 1 is 1.11 bits per heavy atom. The fourth-order valence-electron chi connectivity index (χ4n) is 3.96. The van der Waals surface area contributed by atoms with Gasteiger partial charge in [-0.25, -0.2) is 0 Å². The van der Waals surface area contributed by atoms with E-state index in [0.717, 1.165) is 28.6 Å². The average molecular weight is 434 g/mol. The first-order chi connectivity index (χ1) is 13.1. The van der Waals surface area contributed by atoms with Gasteiger partial charge in [0.1, 0.15) is 5.75 Å². The number of methoxy groups -OCH3 is 3. The maximum atomic E-state index is 5.58. The number of ether oxygens (including phenoxy) is 3. The third-order valence-electron chi connectivity index (χ3n) is 5.43. The molecule has 2 unspecified atom stereocenters. The zero-order valence-corrected chi connectivity index (χ0v) is 18.0. The summed E-state index contributed by atoms with van der Waals surface area (Å²) in [7, 11) is 5.08. The molecular weight excluding hydrogens is 406 g/mol. The van der Waals surface area contributed by atoms with Crippen LogP contribution in [0.5, 0.6) is 5.75 Å². The highest BCUT2D eigenvalue weighted by Gasteiger charge is 2.31. The molecule has 4 nitrogen and oxygen atoms in total. The van der Waals surface area contributed by atoms with Crippen molar-refractivity contribution in [1.29, 1.82) is 0 Å². The maximum Gasteiger partial charge on any atom is 0.169 e. The molecule has 2 atom stereocenters. The Bertz CT molecular complexity index is 776. The van der Waals surface area contributed by atoms with Gasteiger partial charge < -0.3 is 19.5 Å². The van der Waals surface area contributed by atoms with Gasteiger partial charge in [0, 0.05) is 37.2 Å². The summed E-state index contributed by atoms with van der Waals surface area (Å²) in [4.78, 5) is 0. The molecule has 0 spiro atoms. The summed E-state index contributed by atoms with van der Waals surface area (Å²) in [6.45, 7) is 2.73. The minimum atomic E-state index is -0.246. The van der Waals surface area contributed by atoms with Gasteiger partial charge in [-0.15, -0.1) is 0 Å². The summed E-state index contributed by atoms with van der Waals surface area (Å²) in [6.07, 6.45) is 1.87. The zero-order chi connectivity index (χ0) is 19.4. The van der Waals surface area contributed by atoms with Crippen LogP contribution in [-0.4, -0.2) is 40.2 Å². The first-order valence-electron chi connectivity index (χ1n) is 9.29. The summed E-state index contributed by atoms with van der Waals surface area (Å²) in [5.74, 6) is 1.19. The number of fused-ring (bicyclic) bond motifs is 1.